The smallest absolute Gasteiger partial charge is 0.314 e. The third-order valence-corrected chi connectivity index (χ3v) is 5.84. The second-order valence-corrected chi connectivity index (χ2v) is 6.78. The molecular formula is C18H23NO3. The van der Waals surface area contributed by atoms with Crippen LogP contribution in [0.3, 0.4) is 0 Å². The number of esters is 1. The predicted molar refractivity (Wildman–Crippen MR) is 83.0 cm³/mol. The number of fused-ring (bicyclic) bond motifs is 1. The summed E-state index contributed by atoms with van der Waals surface area (Å²) in [6, 6.07) is 9.94. The summed E-state index contributed by atoms with van der Waals surface area (Å²) in [5.41, 5.74) is -0.204. The molecule has 1 aliphatic carbocycles. The number of likely N-dealkylation sites (tertiary alicyclic amines) is 1. The van der Waals surface area contributed by atoms with Gasteiger partial charge in [-0.15, -0.1) is 0 Å². The highest BCUT2D eigenvalue weighted by molar-refractivity contribution is 5.95. The van der Waals surface area contributed by atoms with Crippen molar-refractivity contribution in [1.82, 2.24) is 4.90 Å². The van der Waals surface area contributed by atoms with Gasteiger partial charge in [0.05, 0.1) is 24.0 Å². The maximum Gasteiger partial charge on any atom is 0.314 e. The lowest BCUT2D eigenvalue weighted by atomic mass is 9.69. The second kappa shape index (κ2) is 5.11. The monoisotopic (exact) mass is 301 g/mol. The minimum absolute atomic E-state index is 0.0299. The molecular weight excluding hydrogens is 278 g/mol. The lowest BCUT2D eigenvalue weighted by Crippen LogP contribution is -2.43. The van der Waals surface area contributed by atoms with Gasteiger partial charge in [0.1, 0.15) is 0 Å². The molecule has 0 bridgehead atoms. The van der Waals surface area contributed by atoms with Crippen molar-refractivity contribution in [2.24, 2.45) is 10.8 Å². The topological polar surface area (TPSA) is 46.6 Å². The lowest BCUT2D eigenvalue weighted by Gasteiger charge is -2.31. The Balaban J connectivity index is 1.97. The Labute approximate surface area is 131 Å². The summed E-state index contributed by atoms with van der Waals surface area (Å²) in [5, 5.41) is 0. The van der Waals surface area contributed by atoms with Gasteiger partial charge in [0, 0.05) is 6.54 Å². The van der Waals surface area contributed by atoms with Gasteiger partial charge in [0.25, 0.3) is 0 Å². The number of carbonyl (C=O) groups excluding carboxylic acids is 2. The molecule has 0 unspecified atom stereocenters. The fraction of sp³-hybridized carbons (Fsp3) is 0.556. The molecule has 3 atom stereocenters. The highest BCUT2D eigenvalue weighted by atomic mass is 16.5. The Bertz CT molecular complexity index is 600. The van der Waals surface area contributed by atoms with Gasteiger partial charge in [-0.2, -0.15) is 0 Å². The van der Waals surface area contributed by atoms with Crippen LogP contribution in [0.4, 0.5) is 0 Å². The number of hydrogen-bond acceptors (Lipinski definition) is 3. The molecule has 1 aromatic carbocycles. The molecule has 2 fully saturated rings. The average molecular weight is 301 g/mol. The van der Waals surface area contributed by atoms with E-state index in [0.717, 1.165) is 24.8 Å². The number of ether oxygens (including phenoxy) is 1. The fourth-order valence-corrected chi connectivity index (χ4v) is 4.32. The molecule has 2 aliphatic rings. The lowest BCUT2D eigenvalue weighted by molar-refractivity contribution is -0.158. The van der Waals surface area contributed by atoms with Gasteiger partial charge in [0.2, 0.25) is 5.91 Å². The molecule has 1 heterocycles. The first-order chi connectivity index (χ1) is 10.5. The summed E-state index contributed by atoms with van der Waals surface area (Å²) in [5.74, 6) is -0.143. The normalized spacial score (nSPS) is 32.0. The van der Waals surface area contributed by atoms with Crippen LogP contribution in [0.5, 0.6) is 0 Å². The second-order valence-electron chi connectivity index (χ2n) is 6.78. The molecule has 22 heavy (non-hydrogen) atoms. The third-order valence-electron chi connectivity index (χ3n) is 5.84. The molecule has 3 rings (SSSR count). The van der Waals surface area contributed by atoms with Crippen molar-refractivity contribution in [2.45, 2.75) is 39.2 Å². The van der Waals surface area contributed by atoms with Crippen LogP contribution < -0.4 is 0 Å². The van der Waals surface area contributed by atoms with Crippen molar-refractivity contribution in [2.75, 3.05) is 13.7 Å². The van der Waals surface area contributed by atoms with E-state index in [4.69, 9.17) is 4.74 Å². The van der Waals surface area contributed by atoms with E-state index in [9.17, 15) is 9.59 Å². The molecule has 4 heteroatoms. The average Bonchev–Trinajstić information content (AvgIpc) is 2.99. The number of carbonyl (C=O) groups is 2. The largest absolute Gasteiger partial charge is 0.469 e. The SMILES string of the molecule is COC(=O)[C@@]12CCC[C@]1(C)C(=O)N([C@H](C)c1ccccc1)C2. The summed E-state index contributed by atoms with van der Waals surface area (Å²) in [7, 11) is 1.42. The summed E-state index contributed by atoms with van der Waals surface area (Å²) in [4.78, 5) is 27.4. The standard InChI is InChI=1S/C18H23NO3/c1-13(14-8-5-4-6-9-14)19-12-18(16(21)22-3)11-7-10-17(18,2)15(19)20/h4-6,8-9,13H,7,10-12H2,1-3H3/t13-,17-,18+/m1/s1. The van der Waals surface area contributed by atoms with Crippen LogP contribution in [0.1, 0.15) is 44.7 Å². The Hall–Kier alpha value is -1.84. The van der Waals surface area contributed by atoms with Gasteiger partial charge in [-0.25, -0.2) is 0 Å². The van der Waals surface area contributed by atoms with Crippen molar-refractivity contribution in [1.29, 1.82) is 0 Å². The van der Waals surface area contributed by atoms with Crippen molar-refractivity contribution in [3.05, 3.63) is 35.9 Å². The van der Waals surface area contributed by atoms with Crippen LogP contribution in [0.25, 0.3) is 0 Å². The van der Waals surface area contributed by atoms with Crippen molar-refractivity contribution < 1.29 is 14.3 Å². The van der Waals surface area contributed by atoms with Crippen LogP contribution in [0.15, 0.2) is 30.3 Å². The van der Waals surface area contributed by atoms with Crippen LogP contribution in [-0.4, -0.2) is 30.4 Å². The Morgan fingerprint density at radius 2 is 1.95 bits per heavy atom. The first-order valence-electron chi connectivity index (χ1n) is 7.91. The maximum atomic E-state index is 13.1. The summed E-state index contributed by atoms with van der Waals surface area (Å²) >= 11 is 0. The van der Waals surface area contributed by atoms with Gasteiger partial charge >= 0.3 is 5.97 Å². The zero-order chi connectivity index (χ0) is 16.0. The first kappa shape index (κ1) is 15.1. The summed E-state index contributed by atoms with van der Waals surface area (Å²) < 4.78 is 5.07. The fourth-order valence-electron chi connectivity index (χ4n) is 4.32. The molecule has 4 nitrogen and oxygen atoms in total. The van der Waals surface area contributed by atoms with Crippen LogP contribution in [0, 0.1) is 10.8 Å². The minimum atomic E-state index is -0.679. The minimum Gasteiger partial charge on any atom is -0.469 e. The number of rotatable bonds is 3. The van der Waals surface area contributed by atoms with Crippen molar-refractivity contribution in [3.63, 3.8) is 0 Å². The maximum absolute atomic E-state index is 13.1. The van der Waals surface area contributed by atoms with Gasteiger partial charge < -0.3 is 9.64 Å². The molecule has 0 aromatic heterocycles. The molecule has 1 saturated carbocycles. The molecule has 118 valence electrons. The summed E-state index contributed by atoms with van der Waals surface area (Å²) in [6.07, 6.45) is 2.41. The predicted octanol–water partition coefficient (Wildman–Crippen LogP) is 2.94. The van der Waals surface area contributed by atoms with Gasteiger partial charge in [-0.05, 0) is 32.3 Å². The molecule has 0 N–H and O–H groups in total. The van der Waals surface area contributed by atoms with Crippen molar-refractivity contribution in [3.8, 4) is 0 Å². The summed E-state index contributed by atoms with van der Waals surface area (Å²) in [6.45, 7) is 4.44. The van der Waals surface area contributed by atoms with E-state index in [1.54, 1.807) is 0 Å². The molecule has 1 saturated heterocycles. The van der Waals surface area contributed by atoms with Gasteiger partial charge in [-0.3, -0.25) is 9.59 Å². The van der Waals surface area contributed by atoms with Crippen LogP contribution in [0.2, 0.25) is 0 Å². The van der Waals surface area contributed by atoms with Crippen LogP contribution >= 0.6 is 0 Å². The van der Waals surface area contributed by atoms with E-state index in [1.165, 1.54) is 7.11 Å². The molecule has 0 spiro atoms. The molecule has 1 aliphatic heterocycles. The van der Waals surface area contributed by atoms with E-state index in [-0.39, 0.29) is 17.9 Å². The Morgan fingerprint density at radius 1 is 1.27 bits per heavy atom. The molecule has 1 amide bonds. The Morgan fingerprint density at radius 3 is 2.59 bits per heavy atom. The van der Waals surface area contributed by atoms with Crippen LogP contribution in [-0.2, 0) is 14.3 Å². The third kappa shape index (κ3) is 1.82. The zero-order valence-corrected chi connectivity index (χ0v) is 13.5. The number of methoxy groups -OCH3 is 1. The van der Waals surface area contributed by atoms with Crippen molar-refractivity contribution >= 4 is 11.9 Å². The number of nitrogens with zero attached hydrogens (tertiary/aromatic N) is 1. The quantitative estimate of drug-likeness (QED) is 0.806. The van der Waals surface area contributed by atoms with E-state index in [1.807, 2.05) is 49.1 Å². The van der Waals surface area contributed by atoms with E-state index in [2.05, 4.69) is 0 Å². The van der Waals surface area contributed by atoms with Gasteiger partial charge in [0.15, 0.2) is 0 Å². The highest BCUT2D eigenvalue weighted by Crippen LogP contribution is 2.60. The highest BCUT2D eigenvalue weighted by Gasteiger charge is 2.68. The zero-order valence-electron chi connectivity index (χ0n) is 13.5. The van der Waals surface area contributed by atoms with Gasteiger partial charge in [-0.1, -0.05) is 36.8 Å². The number of benzene rings is 1. The molecule has 0 radical (unpaired) electrons. The van der Waals surface area contributed by atoms with E-state index >= 15 is 0 Å². The first-order valence-corrected chi connectivity index (χ1v) is 7.91. The Kier molecular flexibility index (Phi) is 3.50. The molecule has 1 aromatic rings. The number of amides is 1. The van der Waals surface area contributed by atoms with E-state index < -0.39 is 10.8 Å². The van der Waals surface area contributed by atoms with E-state index in [0.29, 0.717) is 6.54 Å². The number of hydrogen-bond donors (Lipinski definition) is 0.